The minimum atomic E-state index is -0.675. The predicted octanol–water partition coefficient (Wildman–Crippen LogP) is 10.6. The Bertz CT molecular complexity index is 2060. The smallest absolute Gasteiger partial charge is 0.134 e. The average molecular weight is 769 g/mol. The van der Waals surface area contributed by atoms with E-state index >= 15 is 0 Å². The monoisotopic (exact) mass is 768 g/mol. The van der Waals surface area contributed by atoms with E-state index in [9.17, 15) is 5.11 Å². The van der Waals surface area contributed by atoms with Gasteiger partial charge in [0.05, 0.1) is 38.1 Å². The number of benzene rings is 6. The zero-order chi connectivity index (χ0) is 38.5. The Balaban J connectivity index is 1.28. The van der Waals surface area contributed by atoms with E-state index in [1.165, 1.54) is 5.56 Å². The first kappa shape index (κ1) is 39.4. The summed E-state index contributed by atoms with van der Waals surface area (Å²) < 4.78 is 34.2. The number of rotatable bonds is 17. The maximum Gasteiger partial charge on any atom is 0.134 e. The van der Waals surface area contributed by atoms with E-state index in [0.717, 1.165) is 45.4 Å². The van der Waals surface area contributed by atoms with Crippen LogP contribution in [0.5, 0.6) is 5.75 Å². The van der Waals surface area contributed by atoms with E-state index in [4.69, 9.17) is 35.3 Å². The van der Waals surface area contributed by atoms with Crippen LogP contribution in [0.15, 0.2) is 158 Å². The zero-order valence-corrected chi connectivity index (χ0v) is 32.5. The molecule has 56 heavy (non-hydrogen) atoms. The quantitative estimate of drug-likeness (QED) is 0.0997. The normalized spacial score (nSPS) is 19.5. The van der Waals surface area contributed by atoms with Gasteiger partial charge in [0, 0.05) is 0 Å². The molecule has 0 spiro atoms. The van der Waals surface area contributed by atoms with Gasteiger partial charge in [-0.1, -0.05) is 170 Å². The van der Waals surface area contributed by atoms with Crippen LogP contribution in [0.3, 0.4) is 0 Å². The summed E-state index contributed by atoms with van der Waals surface area (Å²) in [5.41, 5.74) is 7.99. The van der Waals surface area contributed by atoms with Gasteiger partial charge in [-0.25, -0.2) is 0 Å². The summed E-state index contributed by atoms with van der Waals surface area (Å²) in [5, 5.41) is 11.7. The van der Waals surface area contributed by atoms with Crippen LogP contribution in [-0.4, -0.2) is 36.1 Å². The Morgan fingerprint density at radius 1 is 0.536 bits per heavy atom. The number of hydrogen-bond acceptors (Lipinski definition) is 6. The first-order valence-corrected chi connectivity index (χ1v) is 19.7. The second kappa shape index (κ2) is 19.9. The second-order valence-electron chi connectivity index (χ2n) is 14.2. The number of hydrogen-bond donors (Lipinski definition) is 1. The third-order valence-corrected chi connectivity index (χ3v) is 10.6. The third kappa shape index (κ3) is 10.5. The van der Waals surface area contributed by atoms with Crippen molar-refractivity contribution in [1.82, 2.24) is 0 Å². The molecule has 0 saturated carbocycles. The number of halogens is 1. The highest BCUT2D eigenvalue weighted by molar-refractivity contribution is 6.32. The first-order chi connectivity index (χ1) is 27.5. The highest BCUT2D eigenvalue weighted by atomic mass is 35.5. The lowest BCUT2D eigenvalue weighted by Crippen LogP contribution is -2.58. The Labute approximate surface area is 335 Å². The van der Waals surface area contributed by atoms with Crippen molar-refractivity contribution in [1.29, 1.82) is 0 Å². The van der Waals surface area contributed by atoms with Crippen molar-refractivity contribution in [3.63, 3.8) is 0 Å². The molecule has 288 valence electrons. The summed E-state index contributed by atoms with van der Waals surface area (Å²) in [6, 6.07) is 52.6. The number of phenols is 1. The van der Waals surface area contributed by atoms with Crippen molar-refractivity contribution in [2.75, 3.05) is 6.61 Å². The Kier molecular flexibility index (Phi) is 14.0. The van der Waals surface area contributed by atoms with Gasteiger partial charge in [0.25, 0.3) is 0 Å². The van der Waals surface area contributed by atoms with Gasteiger partial charge in [-0.05, 0) is 63.4 Å². The highest BCUT2D eigenvalue weighted by Crippen LogP contribution is 2.42. The van der Waals surface area contributed by atoms with Crippen LogP contribution in [0, 0.1) is 0 Å². The van der Waals surface area contributed by atoms with Gasteiger partial charge in [-0.3, -0.25) is 0 Å². The third-order valence-electron chi connectivity index (χ3n) is 10.2. The van der Waals surface area contributed by atoms with Gasteiger partial charge in [-0.2, -0.15) is 0 Å². The van der Waals surface area contributed by atoms with E-state index in [0.29, 0.717) is 37.9 Å². The number of aromatic hydroxyl groups is 1. The Morgan fingerprint density at radius 3 is 1.52 bits per heavy atom. The minimum Gasteiger partial charge on any atom is -0.506 e. The average Bonchev–Trinajstić information content (AvgIpc) is 3.25. The summed E-state index contributed by atoms with van der Waals surface area (Å²) in [6.07, 6.45) is -1.58. The van der Waals surface area contributed by atoms with Gasteiger partial charge < -0.3 is 28.8 Å². The van der Waals surface area contributed by atoms with E-state index in [-0.39, 0.29) is 12.4 Å². The van der Waals surface area contributed by atoms with E-state index in [2.05, 4.69) is 31.2 Å². The fourth-order valence-corrected chi connectivity index (χ4v) is 7.33. The van der Waals surface area contributed by atoms with Crippen LogP contribution in [0.2, 0.25) is 5.02 Å². The van der Waals surface area contributed by atoms with Crippen LogP contribution in [0.25, 0.3) is 0 Å². The van der Waals surface area contributed by atoms with Crippen LogP contribution >= 0.6 is 11.6 Å². The minimum absolute atomic E-state index is 0.0177. The fraction of sp³-hybridized carbons (Fsp3) is 0.265. The van der Waals surface area contributed by atoms with Crippen molar-refractivity contribution < 1.29 is 28.8 Å². The molecule has 1 heterocycles. The standard InChI is InChI=1S/C49H49ClO6/c1-2-35-23-25-36(26-24-35)27-41-28-42(29-43(51)45(41)50)46-48(54-32-39-19-11-5-12-20-39)49(55-33-40-21-13-6-14-22-40)47(53-31-38-17-9-4-10-18-38)44(56-46)34-52-30-37-15-7-3-8-16-37/h3-26,28-29,44,46-49,51H,2,27,30-34H2,1H3. The fourth-order valence-electron chi connectivity index (χ4n) is 7.16. The maximum absolute atomic E-state index is 11.4. The SMILES string of the molecule is CCc1ccc(Cc2cc(C3OC(COCc4ccccc4)C(OCc4ccccc4)C(OCc4ccccc4)C3OCc3ccccc3)cc(O)c2Cl)cc1. The van der Waals surface area contributed by atoms with Crippen molar-refractivity contribution in [3.05, 3.63) is 207 Å². The van der Waals surface area contributed by atoms with E-state index in [1.807, 2.05) is 127 Å². The van der Waals surface area contributed by atoms with Gasteiger partial charge in [0.1, 0.15) is 36.3 Å². The molecule has 0 aliphatic carbocycles. The lowest BCUT2D eigenvalue weighted by Gasteiger charge is -2.46. The largest absolute Gasteiger partial charge is 0.506 e. The molecular weight excluding hydrogens is 720 g/mol. The van der Waals surface area contributed by atoms with Gasteiger partial charge >= 0.3 is 0 Å². The van der Waals surface area contributed by atoms with Crippen LogP contribution < -0.4 is 0 Å². The molecule has 1 aliphatic rings. The molecule has 6 nitrogen and oxygen atoms in total. The van der Waals surface area contributed by atoms with Crippen LogP contribution in [0.1, 0.15) is 57.5 Å². The molecule has 7 rings (SSSR count). The molecule has 1 fully saturated rings. The lowest BCUT2D eigenvalue weighted by molar-refractivity contribution is -0.275. The predicted molar refractivity (Wildman–Crippen MR) is 221 cm³/mol. The lowest BCUT2D eigenvalue weighted by atomic mass is 9.89. The van der Waals surface area contributed by atoms with E-state index in [1.54, 1.807) is 6.07 Å². The topological polar surface area (TPSA) is 66.4 Å². The highest BCUT2D eigenvalue weighted by Gasteiger charge is 2.49. The molecule has 0 amide bonds. The molecular formula is C49H49ClO6. The number of phenolic OH excluding ortho intramolecular Hbond substituents is 1. The Hall–Kier alpha value is -4.79. The molecule has 0 bridgehead atoms. The molecule has 6 aromatic carbocycles. The van der Waals surface area contributed by atoms with Crippen molar-refractivity contribution in [2.45, 2.75) is 76.7 Å². The molecule has 5 atom stereocenters. The molecule has 1 N–H and O–H groups in total. The Morgan fingerprint density at radius 2 is 1.00 bits per heavy atom. The van der Waals surface area contributed by atoms with Gasteiger partial charge in [-0.15, -0.1) is 0 Å². The van der Waals surface area contributed by atoms with Crippen molar-refractivity contribution >= 4 is 11.6 Å². The van der Waals surface area contributed by atoms with Crippen molar-refractivity contribution in [3.8, 4) is 5.75 Å². The zero-order valence-electron chi connectivity index (χ0n) is 31.7. The maximum atomic E-state index is 11.4. The summed E-state index contributed by atoms with van der Waals surface area (Å²) in [6.45, 7) is 3.76. The summed E-state index contributed by atoms with van der Waals surface area (Å²) in [7, 11) is 0. The van der Waals surface area contributed by atoms with Gasteiger partial charge in [0.2, 0.25) is 0 Å². The summed E-state index contributed by atoms with van der Waals surface area (Å²) in [5.74, 6) is -0.0177. The first-order valence-electron chi connectivity index (χ1n) is 19.4. The summed E-state index contributed by atoms with van der Waals surface area (Å²) in [4.78, 5) is 0. The molecule has 1 saturated heterocycles. The molecule has 0 radical (unpaired) electrons. The number of aryl methyl sites for hydroxylation is 1. The molecule has 0 aromatic heterocycles. The molecule has 5 unspecified atom stereocenters. The molecule has 1 aliphatic heterocycles. The molecule has 6 aromatic rings. The van der Waals surface area contributed by atoms with Crippen LogP contribution in [-0.2, 0) is 63.0 Å². The van der Waals surface area contributed by atoms with E-state index < -0.39 is 30.5 Å². The number of ether oxygens (including phenoxy) is 5. The van der Waals surface area contributed by atoms with Crippen LogP contribution in [0.4, 0.5) is 0 Å². The second-order valence-corrected chi connectivity index (χ2v) is 14.6. The van der Waals surface area contributed by atoms with Gasteiger partial charge in [0.15, 0.2) is 0 Å². The molecule has 7 heteroatoms. The summed E-state index contributed by atoms with van der Waals surface area (Å²) >= 11 is 6.83. The van der Waals surface area contributed by atoms with Crippen molar-refractivity contribution in [2.24, 2.45) is 0 Å².